The summed E-state index contributed by atoms with van der Waals surface area (Å²) in [5.74, 6) is 1.00. The zero-order chi connectivity index (χ0) is 25.8. The van der Waals surface area contributed by atoms with E-state index in [1.54, 1.807) is 48.5 Å². The molecule has 1 heterocycles. The summed E-state index contributed by atoms with van der Waals surface area (Å²) in [4.78, 5) is 17.8. The van der Waals surface area contributed by atoms with Crippen molar-refractivity contribution < 1.29 is 48.4 Å². The Hall–Kier alpha value is -1.78. The van der Waals surface area contributed by atoms with Crippen LogP contribution in [0.1, 0.15) is 22.8 Å². The first kappa shape index (κ1) is 30.4. The zero-order valence-corrected chi connectivity index (χ0v) is 22.8. The van der Waals surface area contributed by atoms with Gasteiger partial charge in [0.2, 0.25) is 0 Å². The predicted octanol–water partition coefficient (Wildman–Crippen LogP) is 1.02. The average Bonchev–Trinajstić information content (AvgIpc) is 2.85. The number of ether oxygens (including phenoxy) is 3. The smallest absolute Gasteiger partial charge is 0.469 e. The first-order valence-electron chi connectivity index (χ1n) is 10.4. The molecule has 1 radical (unpaired) electrons. The standard InChI is InChI=1S/C23H26NO10P.Na/c1-31-17-8-7-15(10-18(17)32-2)16(11-24)9-13-3-5-14(6-4-13)23-22(27)21(26)20(25)19(34-23)12-33-35(28,29)30;/h3-10,19-23,25-27H,12H2,1-2H3,(H2,28,29,30);/b16-9+;/t19-,20-,21+,22-,23+;/m1./s1. The van der Waals surface area contributed by atoms with Crippen LogP contribution in [0.2, 0.25) is 0 Å². The normalized spacial score (nSPS) is 24.4. The summed E-state index contributed by atoms with van der Waals surface area (Å²) < 4.78 is 31.5. The van der Waals surface area contributed by atoms with Crippen molar-refractivity contribution in [1.29, 1.82) is 5.26 Å². The van der Waals surface area contributed by atoms with E-state index in [-0.39, 0.29) is 29.6 Å². The Labute approximate surface area is 230 Å². The molecule has 3 rings (SSSR count). The number of rotatable bonds is 8. The Morgan fingerprint density at radius 2 is 1.67 bits per heavy atom. The van der Waals surface area contributed by atoms with Crippen molar-refractivity contribution in [2.75, 3.05) is 20.8 Å². The fraction of sp³-hybridized carbons (Fsp3) is 0.348. The summed E-state index contributed by atoms with van der Waals surface area (Å²) in [5.41, 5.74) is 2.07. The van der Waals surface area contributed by atoms with Crippen LogP contribution in [-0.2, 0) is 13.8 Å². The quantitative estimate of drug-likeness (QED) is 0.142. The van der Waals surface area contributed by atoms with Crippen LogP contribution in [0.5, 0.6) is 11.5 Å². The molecule has 1 fully saturated rings. The molecule has 1 aliphatic heterocycles. The van der Waals surface area contributed by atoms with Gasteiger partial charge in [0.1, 0.15) is 30.5 Å². The molecule has 5 atom stereocenters. The molecule has 0 aromatic heterocycles. The molecule has 0 amide bonds. The molecule has 0 unspecified atom stereocenters. The zero-order valence-electron chi connectivity index (χ0n) is 19.9. The Morgan fingerprint density at radius 3 is 2.22 bits per heavy atom. The molecule has 0 aliphatic carbocycles. The van der Waals surface area contributed by atoms with Gasteiger partial charge in [-0.05, 0) is 41.0 Å². The van der Waals surface area contributed by atoms with Gasteiger partial charge in [0, 0.05) is 29.6 Å². The van der Waals surface area contributed by atoms with Crippen molar-refractivity contribution >= 4 is 49.0 Å². The van der Waals surface area contributed by atoms with E-state index in [1.807, 2.05) is 0 Å². The molecule has 2 aromatic rings. The molecule has 2 aromatic carbocycles. The summed E-state index contributed by atoms with van der Waals surface area (Å²) in [6.45, 7) is -0.691. The number of methoxy groups -OCH3 is 2. The van der Waals surface area contributed by atoms with Crippen molar-refractivity contribution in [3.05, 3.63) is 59.2 Å². The number of nitriles is 1. The van der Waals surface area contributed by atoms with E-state index in [0.29, 0.717) is 33.8 Å². The van der Waals surface area contributed by atoms with Crippen LogP contribution in [0.25, 0.3) is 11.6 Å². The minimum absolute atomic E-state index is 0. The molecule has 0 spiro atoms. The minimum Gasteiger partial charge on any atom is -0.493 e. The van der Waals surface area contributed by atoms with Crippen molar-refractivity contribution in [3.63, 3.8) is 0 Å². The summed E-state index contributed by atoms with van der Waals surface area (Å²) >= 11 is 0. The van der Waals surface area contributed by atoms with Crippen molar-refractivity contribution in [2.45, 2.75) is 30.5 Å². The maximum atomic E-state index is 11.0. The van der Waals surface area contributed by atoms with Gasteiger partial charge in [-0.1, -0.05) is 24.3 Å². The predicted molar refractivity (Wildman–Crippen MR) is 129 cm³/mol. The van der Waals surface area contributed by atoms with Crippen molar-refractivity contribution in [3.8, 4) is 17.6 Å². The van der Waals surface area contributed by atoms with E-state index in [4.69, 9.17) is 24.0 Å². The number of hydrogen-bond acceptors (Lipinski definition) is 9. The van der Waals surface area contributed by atoms with E-state index < -0.39 is 44.9 Å². The molecular weight excluding hydrogens is 504 g/mol. The Bertz CT molecular complexity index is 1150. The van der Waals surface area contributed by atoms with Gasteiger partial charge in [0.25, 0.3) is 0 Å². The van der Waals surface area contributed by atoms with E-state index in [1.165, 1.54) is 14.2 Å². The second-order valence-electron chi connectivity index (χ2n) is 7.76. The number of phosphoric ester groups is 1. The van der Waals surface area contributed by atoms with Crippen LogP contribution in [0, 0.1) is 11.3 Å². The van der Waals surface area contributed by atoms with Crippen molar-refractivity contribution in [2.24, 2.45) is 0 Å². The van der Waals surface area contributed by atoms with Crippen LogP contribution in [-0.4, -0.2) is 99.9 Å². The molecule has 0 saturated carbocycles. The third-order valence-electron chi connectivity index (χ3n) is 5.51. The number of hydrogen-bond donors (Lipinski definition) is 5. The first-order valence-corrected chi connectivity index (χ1v) is 11.9. The van der Waals surface area contributed by atoms with Crippen LogP contribution < -0.4 is 9.47 Å². The maximum absolute atomic E-state index is 11.0. The van der Waals surface area contributed by atoms with Crippen LogP contribution in [0.3, 0.4) is 0 Å². The van der Waals surface area contributed by atoms with Gasteiger partial charge < -0.3 is 39.3 Å². The second kappa shape index (κ2) is 13.1. The van der Waals surface area contributed by atoms with Crippen molar-refractivity contribution in [1.82, 2.24) is 0 Å². The van der Waals surface area contributed by atoms with Gasteiger partial charge in [-0.25, -0.2) is 4.57 Å². The van der Waals surface area contributed by atoms with E-state index in [9.17, 15) is 25.1 Å². The monoisotopic (exact) mass is 530 g/mol. The second-order valence-corrected chi connectivity index (χ2v) is 9.00. The minimum atomic E-state index is -4.83. The molecule has 1 aliphatic rings. The fourth-order valence-electron chi connectivity index (χ4n) is 3.67. The Kier molecular flexibility index (Phi) is 11.1. The third-order valence-corrected chi connectivity index (χ3v) is 6.00. The van der Waals surface area contributed by atoms with Gasteiger partial charge in [-0.3, -0.25) is 4.52 Å². The Balaban J connectivity index is 0.00000456. The topological polar surface area (TPSA) is 179 Å². The number of aliphatic hydroxyl groups is 3. The fourth-order valence-corrected chi connectivity index (χ4v) is 4.01. The average molecular weight is 530 g/mol. The Morgan fingerprint density at radius 1 is 1.03 bits per heavy atom. The number of phosphoric acid groups is 1. The molecule has 189 valence electrons. The van der Waals surface area contributed by atoms with Crippen LogP contribution >= 0.6 is 7.82 Å². The summed E-state index contributed by atoms with van der Waals surface area (Å²) in [7, 11) is -1.82. The van der Waals surface area contributed by atoms with Gasteiger partial charge in [0.15, 0.2) is 11.5 Å². The number of allylic oxidation sites excluding steroid dienone is 1. The number of aliphatic hydroxyl groups excluding tert-OH is 3. The molecular formula is C23H26NNaO10P. The first-order chi connectivity index (χ1) is 16.6. The van der Waals surface area contributed by atoms with Gasteiger partial charge in [-0.2, -0.15) is 5.26 Å². The number of nitrogens with zero attached hydrogens (tertiary/aromatic N) is 1. The van der Waals surface area contributed by atoms with Crippen LogP contribution in [0.4, 0.5) is 0 Å². The maximum Gasteiger partial charge on any atom is 0.469 e. The van der Waals surface area contributed by atoms with E-state index in [0.717, 1.165) is 0 Å². The van der Waals surface area contributed by atoms with Gasteiger partial charge in [-0.15, -0.1) is 0 Å². The molecule has 1 saturated heterocycles. The van der Waals surface area contributed by atoms with E-state index >= 15 is 0 Å². The van der Waals surface area contributed by atoms with Gasteiger partial charge in [0.05, 0.1) is 32.5 Å². The third kappa shape index (κ3) is 7.38. The molecule has 0 bridgehead atoms. The molecule has 13 heteroatoms. The summed E-state index contributed by atoms with van der Waals surface area (Å²) in [6, 6.07) is 13.8. The van der Waals surface area contributed by atoms with E-state index in [2.05, 4.69) is 10.6 Å². The SMILES string of the molecule is COc1ccc(/C(C#N)=C/c2ccc([C@@H]3O[C@H](COP(=O)(O)O)[C@@H](O)[C@H](O)[C@H]3O)cc2)cc1OC.[Na]. The van der Waals surface area contributed by atoms with Crippen LogP contribution in [0.15, 0.2) is 42.5 Å². The summed E-state index contributed by atoms with van der Waals surface area (Å²) in [6.07, 6.45) is -5.49. The molecule has 5 N–H and O–H groups in total. The molecule has 11 nitrogen and oxygen atoms in total. The number of benzene rings is 2. The van der Waals surface area contributed by atoms with Gasteiger partial charge >= 0.3 is 7.82 Å². The molecule has 36 heavy (non-hydrogen) atoms. The largest absolute Gasteiger partial charge is 0.493 e. The summed E-state index contributed by atoms with van der Waals surface area (Å²) in [5, 5.41) is 40.3.